The Morgan fingerprint density at radius 1 is 0.543 bits per heavy atom. The molecule has 0 amide bonds. The second kappa shape index (κ2) is 8.39. The van der Waals surface area contributed by atoms with Crippen molar-refractivity contribution in [3.63, 3.8) is 0 Å². The van der Waals surface area contributed by atoms with E-state index in [4.69, 9.17) is 4.98 Å². The topological polar surface area (TPSA) is 12.9 Å². The molecule has 0 bridgehead atoms. The minimum absolute atomic E-state index is 0.159. The van der Waals surface area contributed by atoms with E-state index in [1.807, 2.05) is 6.20 Å². The van der Waals surface area contributed by atoms with Gasteiger partial charge < -0.3 is 0 Å². The van der Waals surface area contributed by atoms with Crippen molar-refractivity contribution >= 4 is 55.5 Å². The van der Waals surface area contributed by atoms with Crippen LogP contribution >= 0.6 is 0 Å². The number of rotatable bonds is 3. The van der Waals surface area contributed by atoms with Crippen molar-refractivity contribution in [3.05, 3.63) is 119 Å². The molecule has 2 heteroatoms. The molecule has 0 saturated carbocycles. The Bertz CT molecular complexity index is 1660. The zero-order valence-electron chi connectivity index (χ0n) is 20.8. The molecule has 0 fully saturated rings. The first-order chi connectivity index (χ1) is 17.0. The lowest BCUT2D eigenvalue weighted by Gasteiger charge is -2.24. The van der Waals surface area contributed by atoms with Gasteiger partial charge in [0.25, 0.3) is 0 Å². The van der Waals surface area contributed by atoms with Crippen molar-refractivity contribution in [2.45, 2.75) is 27.7 Å². The third-order valence-electron chi connectivity index (χ3n) is 7.59. The summed E-state index contributed by atoms with van der Waals surface area (Å²) < 4.78 is 0. The molecule has 0 radical (unpaired) electrons. The summed E-state index contributed by atoms with van der Waals surface area (Å²) in [6, 6.07) is 33.2. The van der Waals surface area contributed by atoms with E-state index in [1.165, 1.54) is 65.6 Å². The number of hydrogen-bond donors (Lipinski definition) is 0. The Labute approximate surface area is 207 Å². The molecule has 0 N–H and O–H groups in total. The summed E-state index contributed by atoms with van der Waals surface area (Å²) in [5, 5.41) is 6.23. The van der Waals surface area contributed by atoms with Crippen LogP contribution in [0, 0.1) is 27.7 Å². The van der Waals surface area contributed by atoms with E-state index in [0.717, 1.165) is 5.52 Å². The summed E-state index contributed by atoms with van der Waals surface area (Å²) in [7, 11) is 0. The average Bonchev–Trinajstić information content (AvgIpc) is 2.86. The monoisotopic (exact) mass is 449 g/mol. The molecule has 0 aliphatic heterocycles. The third kappa shape index (κ3) is 3.52. The lowest BCUT2D eigenvalue weighted by Crippen LogP contribution is -2.55. The van der Waals surface area contributed by atoms with Gasteiger partial charge in [-0.3, -0.25) is 4.98 Å². The SMILES string of the molecule is Cc1cccc(C)c1B(c1ccc2c(c1)ncc1ccc3ccccc3c12)c1c(C)cccc1C. The molecule has 35 heavy (non-hydrogen) atoms. The van der Waals surface area contributed by atoms with E-state index >= 15 is 0 Å². The summed E-state index contributed by atoms with van der Waals surface area (Å²) in [5.41, 5.74) is 10.5. The van der Waals surface area contributed by atoms with Crippen molar-refractivity contribution in [1.82, 2.24) is 4.98 Å². The van der Waals surface area contributed by atoms with Crippen molar-refractivity contribution in [2.24, 2.45) is 0 Å². The maximum Gasteiger partial charge on any atom is 0.242 e. The first kappa shape index (κ1) is 21.6. The minimum atomic E-state index is 0.159. The Morgan fingerprint density at radius 3 is 1.80 bits per heavy atom. The van der Waals surface area contributed by atoms with E-state index in [-0.39, 0.29) is 6.71 Å². The predicted molar refractivity (Wildman–Crippen MR) is 153 cm³/mol. The van der Waals surface area contributed by atoms with Crippen LogP contribution in [0.2, 0.25) is 0 Å². The summed E-state index contributed by atoms with van der Waals surface area (Å²) in [6.07, 6.45) is 2.03. The van der Waals surface area contributed by atoms with E-state index < -0.39 is 0 Å². The fraction of sp³-hybridized carbons (Fsp3) is 0.121. The van der Waals surface area contributed by atoms with Gasteiger partial charge in [-0.05, 0) is 44.5 Å². The van der Waals surface area contributed by atoms with Gasteiger partial charge in [-0.25, -0.2) is 0 Å². The second-order valence-corrected chi connectivity index (χ2v) is 9.83. The predicted octanol–water partition coefficient (Wildman–Crippen LogP) is 6.29. The molecular formula is C33H28BN. The molecule has 0 saturated heterocycles. The van der Waals surface area contributed by atoms with Gasteiger partial charge in [0, 0.05) is 22.4 Å². The van der Waals surface area contributed by atoms with Crippen LogP contribution in [0.5, 0.6) is 0 Å². The fourth-order valence-electron chi connectivity index (χ4n) is 5.93. The Hall–Kier alpha value is -3.91. The van der Waals surface area contributed by atoms with Crippen molar-refractivity contribution < 1.29 is 0 Å². The molecule has 1 heterocycles. The second-order valence-electron chi connectivity index (χ2n) is 9.83. The van der Waals surface area contributed by atoms with Gasteiger partial charge in [0.2, 0.25) is 6.71 Å². The van der Waals surface area contributed by atoms with Gasteiger partial charge in [-0.15, -0.1) is 0 Å². The minimum Gasteiger partial charge on any atom is -0.256 e. The van der Waals surface area contributed by atoms with Crippen LogP contribution in [0.15, 0.2) is 97.2 Å². The molecule has 6 aromatic rings. The van der Waals surface area contributed by atoms with Crippen LogP contribution < -0.4 is 16.4 Å². The highest BCUT2D eigenvalue weighted by Crippen LogP contribution is 2.30. The molecule has 168 valence electrons. The van der Waals surface area contributed by atoms with Crippen LogP contribution in [0.1, 0.15) is 22.3 Å². The largest absolute Gasteiger partial charge is 0.256 e. The van der Waals surface area contributed by atoms with Gasteiger partial charge in [-0.2, -0.15) is 0 Å². The van der Waals surface area contributed by atoms with E-state index in [1.54, 1.807) is 0 Å². The average molecular weight is 449 g/mol. The highest BCUT2D eigenvalue weighted by molar-refractivity contribution is 6.96. The molecular weight excluding hydrogens is 421 g/mol. The zero-order valence-corrected chi connectivity index (χ0v) is 20.8. The highest BCUT2D eigenvalue weighted by Gasteiger charge is 2.28. The fourth-order valence-corrected chi connectivity index (χ4v) is 5.93. The van der Waals surface area contributed by atoms with Crippen LogP contribution in [0.4, 0.5) is 0 Å². The summed E-state index contributed by atoms with van der Waals surface area (Å²) in [6.45, 7) is 9.11. The zero-order chi connectivity index (χ0) is 24.1. The lowest BCUT2D eigenvalue weighted by molar-refractivity contribution is 1.40. The van der Waals surface area contributed by atoms with E-state index in [0.29, 0.717) is 0 Å². The molecule has 1 aromatic heterocycles. The standard InChI is InChI=1S/C33H28BN/c1-21-9-7-10-22(2)32(21)34(33-23(3)11-8-12-24(33)4)27-17-18-29-30(19-27)35-20-26-16-15-25-13-5-6-14-28(25)31(26)29/h5-20H,1-4H3. The first-order valence-electron chi connectivity index (χ1n) is 12.4. The van der Waals surface area contributed by atoms with Gasteiger partial charge in [-0.1, -0.05) is 124 Å². The molecule has 1 nitrogen and oxygen atoms in total. The van der Waals surface area contributed by atoms with Crippen molar-refractivity contribution in [3.8, 4) is 0 Å². The number of fused-ring (bicyclic) bond motifs is 5. The van der Waals surface area contributed by atoms with E-state index in [9.17, 15) is 0 Å². The molecule has 0 aliphatic rings. The number of pyridine rings is 1. The van der Waals surface area contributed by atoms with Crippen LogP contribution in [-0.4, -0.2) is 11.7 Å². The van der Waals surface area contributed by atoms with Gasteiger partial charge in [0.05, 0.1) is 5.52 Å². The van der Waals surface area contributed by atoms with Crippen LogP contribution in [0.3, 0.4) is 0 Å². The molecule has 0 spiro atoms. The third-order valence-corrected chi connectivity index (χ3v) is 7.59. The quantitative estimate of drug-likeness (QED) is 0.229. The van der Waals surface area contributed by atoms with Crippen LogP contribution in [0.25, 0.3) is 32.4 Å². The number of benzene rings is 5. The Kier molecular flexibility index (Phi) is 5.18. The number of hydrogen-bond acceptors (Lipinski definition) is 1. The molecule has 0 unspecified atom stereocenters. The number of aromatic nitrogens is 1. The summed E-state index contributed by atoms with van der Waals surface area (Å²) >= 11 is 0. The summed E-state index contributed by atoms with van der Waals surface area (Å²) in [4.78, 5) is 4.94. The molecule has 5 aromatic carbocycles. The maximum absolute atomic E-state index is 4.94. The molecule has 0 aliphatic carbocycles. The lowest BCUT2D eigenvalue weighted by atomic mass is 9.34. The number of aryl methyl sites for hydroxylation is 4. The first-order valence-corrected chi connectivity index (χ1v) is 12.4. The Morgan fingerprint density at radius 2 is 1.14 bits per heavy atom. The van der Waals surface area contributed by atoms with Gasteiger partial charge in [0.15, 0.2) is 0 Å². The number of nitrogens with zero attached hydrogens (tertiary/aromatic N) is 1. The molecule has 0 atom stereocenters. The maximum atomic E-state index is 4.94. The van der Waals surface area contributed by atoms with Gasteiger partial charge >= 0.3 is 0 Å². The van der Waals surface area contributed by atoms with Crippen molar-refractivity contribution in [2.75, 3.05) is 0 Å². The normalized spacial score (nSPS) is 11.4. The van der Waals surface area contributed by atoms with Gasteiger partial charge in [0.1, 0.15) is 0 Å². The highest BCUT2D eigenvalue weighted by atomic mass is 14.6. The molecule has 6 rings (SSSR count). The smallest absolute Gasteiger partial charge is 0.242 e. The van der Waals surface area contributed by atoms with Crippen molar-refractivity contribution in [1.29, 1.82) is 0 Å². The summed E-state index contributed by atoms with van der Waals surface area (Å²) in [5.74, 6) is 0. The van der Waals surface area contributed by atoms with Crippen LogP contribution in [-0.2, 0) is 0 Å². The van der Waals surface area contributed by atoms with E-state index in [2.05, 4.69) is 119 Å². The Balaban J connectivity index is 1.66.